The molecule has 0 aliphatic carbocycles. The summed E-state index contributed by atoms with van der Waals surface area (Å²) < 4.78 is 0. The zero-order chi connectivity index (χ0) is 11.8. The Balaban J connectivity index is 2.15. The third kappa shape index (κ3) is 5.63. The van der Waals surface area contributed by atoms with Gasteiger partial charge in [0.05, 0.1) is 0 Å². The molecule has 0 radical (unpaired) electrons. The molecule has 1 aromatic carbocycles. The molecule has 88 valence electrons. The van der Waals surface area contributed by atoms with Crippen molar-refractivity contribution >= 4 is 17.9 Å². The first kappa shape index (κ1) is 12.9. The molecule has 16 heavy (non-hydrogen) atoms. The highest BCUT2D eigenvalue weighted by atomic mass is 32.2. The molecule has 0 heterocycles. The van der Waals surface area contributed by atoms with E-state index < -0.39 is 6.09 Å². The zero-order valence-electron chi connectivity index (χ0n) is 8.93. The van der Waals surface area contributed by atoms with Crippen LogP contribution in [0.5, 0.6) is 0 Å². The molecule has 4 N–H and O–H groups in total. The Labute approximate surface area is 99.2 Å². The van der Waals surface area contributed by atoms with Crippen LogP contribution >= 0.6 is 11.8 Å². The van der Waals surface area contributed by atoms with E-state index in [2.05, 4.69) is 5.32 Å². The fraction of sp³-hybridized carbons (Fsp3) is 0.364. The average Bonchev–Trinajstić information content (AvgIpc) is 2.27. The molecule has 5 heteroatoms. The second-order valence-corrected chi connectivity index (χ2v) is 4.50. The first-order valence-corrected chi connectivity index (χ1v) is 6.07. The lowest BCUT2D eigenvalue weighted by Gasteiger charge is -2.10. The van der Waals surface area contributed by atoms with Crippen LogP contribution < -0.4 is 11.1 Å². The van der Waals surface area contributed by atoms with E-state index in [1.807, 2.05) is 30.3 Å². The van der Waals surface area contributed by atoms with E-state index in [0.29, 0.717) is 13.0 Å². The highest BCUT2D eigenvalue weighted by Gasteiger charge is 2.04. The van der Waals surface area contributed by atoms with Gasteiger partial charge in [0.1, 0.15) is 0 Å². The summed E-state index contributed by atoms with van der Waals surface area (Å²) in [5, 5.41) is 10.7. The van der Waals surface area contributed by atoms with Crippen molar-refractivity contribution in [1.29, 1.82) is 0 Å². The molecule has 0 saturated carbocycles. The Morgan fingerprint density at radius 3 is 2.75 bits per heavy atom. The van der Waals surface area contributed by atoms with Gasteiger partial charge in [0, 0.05) is 23.2 Å². The van der Waals surface area contributed by atoms with Crippen LogP contribution in [0.2, 0.25) is 0 Å². The van der Waals surface area contributed by atoms with E-state index in [-0.39, 0.29) is 6.04 Å². The van der Waals surface area contributed by atoms with E-state index in [1.54, 1.807) is 11.8 Å². The maximum Gasteiger partial charge on any atom is 0.404 e. The number of nitrogens with one attached hydrogen (secondary N) is 1. The third-order valence-corrected chi connectivity index (χ3v) is 3.20. The van der Waals surface area contributed by atoms with Gasteiger partial charge < -0.3 is 16.2 Å². The third-order valence-electron chi connectivity index (χ3n) is 2.00. The molecule has 1 amide bonds. The maximum atomic E-state index is 10.2. The number of benzene rings is 1. The van der Waals surface area contributed by atoms with Crippen molar-refractivity contribution in [2.45, 2.75) is 17.4 Å². The van der Waals surface area contributed by atoms with Gasteiger partial charge in [0.15, 0.2) is 0 Å². The van der Waals surface area contributed by atoms with Crippen LogP contribution in [-0.4, -0.2) is 29.5 Å². The van der Waals surface area contributed by atoms with Crippen molar-refractivity contribution in [3.05, 3.63) is 30.3 Å². The number of carboxylic acid groups (broad SMARTS) is 1. The van der Waals surface area contributed by atoms with E-state index in [1.165, 1.54) is 4.90 Å². The van der Waals surface area contributed by atoms with E-state index >= 15 is 0 Å². The van der Waals surface area contributed by atoms with Crippen molar-refractivity contribution < 1.29 is 9.90 Å². The Hall–Kier alpha value is -1.20. The number of hydrogen-bond acceptors (Lipinski definition) is 3. The van der Waals surface area contributed by atoms with Crippen molar-refractivity contribution in [3.63, 3.8) is 0 Å². The van der Waals surface area contributed by atoms with Gasteiger partial charge in [-0.1, -0.05) is 18.2 Å². The standard InChI is InChI=1S/C11H16N2O2S/c12-9(6-7-13-11(14)15)8-16-10-4-2-1-3-5-10/h1-5,9,13H,6-8,12H2,(H,14,15)/t9-/m1/s1. The van der Waals surface area contributed by atoms with Crippen molar-refractivity contribution in [3.8, 4) is 0 Å². The Morgan fingerprint density at radius 1 is 1.44 bits per heavy atom. The SMILES string of the molecule is N[C@H](CCNC(=O)O)CSc1ccccc1. The van der Waals surface area contributed by atoms with Crippen LogP contribution in [0.25, 0.3) is 0 Å². The fourth-order valence-electron chi connectivity index (χ4n) is 1.17. The van der Waals surface area contributed by atoms with Crippen LogP contribution in [0.3, 0.4) is 0 Å². The van der Waals surface area contributed by atoms with Gasteiger partial charge in [0.2, 0.25) is 0 Å². The van der Waals surface area contributed by atoms with Gasteiger partial charge in [-0.2, -0.15) is 0 Å². The van der Waals surface area contributed by atoms with Gasteiger partial charge in [0.25, 0.3) is 0 Å². The quantitative estimate of drug-likeness (QED) is 0.662. The smallest absolute Gasteiger partial charge is 0.404 e. The predicted molar refractivity (Wildman–Crippen MR) is 65.8 cm³/mol. The summed E-state index contributed by atoms with van der Waals surface area (Å²) in [5.74, 6) is 0.797. The van der Waals surface area contributed by atoms with Crippen LogP contribution in [-0.2, 0) is 0 Å². The molecule has 0 unspecified atom stereocenters. The molecule has 0 bridgehead atoms. The van der Waals surface area contributed by atoms with Crippen LogP contribution in [0.1, 0.15) is 6.42 Å². The lowest BCUT2D eigenvalue weighted by Crippen LogP contribution is -2.30. The highest BCUT2D eigenvalue weighted by Crippen LogP contribution is 2.17. The molecule has 0 saturated heterocycles. The highest BCUT2D eigenvalue weighted by molar-refractivity contribution is 7.99. The number of rotatable bonds is 6. The summed E-state index contributed by atoms with van der Waals surface area (Å²) in [6, 6.07) is 10.0. The molecule has 0 aromatic heterocycles. The number of carbonyl (C=O) groups is 1. The molecule has 1 rings (SSSR count). The topological polar surface area (TPSA) is 75.3 Å². The molecule has 0 aliphatic heterocycles. The first-order chi connectivity index (χ1) is 7.68. The van der Waals surface area contributed by atoms with Crippen molar-refractivity contribution in [1.82, 2.24) is 5.32 Å². The molecule has 1 aromatic rings. The van der Waals surface area contributed by atoms with Gasteiger partial charge in [-0.3, -0.25) is 0 Å². The van der Waals surface area contributed by atoms with Crippen LogP contribution in [0.4, 0.5) is 4.79 Å². The minimum Gasteiger partial charge on any atom is -0.465 e. The summed E-state index contributed by atoms with van der Waals surface area (Å²) in [6.07, 6.45) is -0.338. The van der Waals surface area contributed by atoms with Gasteiger partial charge >= 0.3 is 6.09 Å². The summed E-state index contributed by atoms with van der Waals surface area (Å²) in [5.41, 5.74) is 5.85. The summed E-state index contributed by atoms with van der Waals surface area (Å²) in [4.78, 5) is 11.4. The minimum absolute atomic E-state index is 0.0112. The summed E-state index contributed by atoms with van der Waals surface area (Å²) in [6.45, 7) is 0.409. The molecular formula is C11H16N2O2S. The van der Waals surface area contributed by atoms with Gasteiger partial charge in [-0.15, -0.1) is 11.8 Å². The van der Waals surface area contributed by atoms with Gasteiger partial charge in [-0.05, 0) is 18.6 Å². The number of thioether (sulfide) groups is 1. The average molecular weight is 240 g/mol. The molecule has 4 nitrogen and oxygen atoms in total. The number of amides is 1. The van der Waals surface area contributed by atoms with E-state index in [4.69, 9.17) is 10.8 Å². The predicted octanol–water partition coefficient (Wildman–Crippen LogP) is 1.76. The Morgan fingerprint density at radius 2 is 2.12 bits per heavy atom. The zero-order valence-corrected chi connectivity index (χ0v) is 9.74. The van der Waals surface area contributed by atoms with E-state index in [9.17, 15) is 4.79 Å². The lowest BCUT2D eigenvalue weighted by atomic mass is 10.2. The molecule has 0 spiro atoms. The molecule has 0 fully saturated rings. The van der Waals surface area contributed by atoms with Crippen LogP contribution in [0, 0.1) is 0 Å². The maximum absolute atomic E-state index is 10.2. The fourth-order valence-corrected chi connectivity index (χ4v) is 2.09. The minimum atomic E-state index is -0.997. The van der Waals surface area contributed by atoms with E-state index in [0.717, 1.165) is 5.75 Å². The van der Waals surface area contributed by atoms with Crippen LogP contribution in [0.15, 0.2) is 35.2 Å². The molecule has 1 atom stereocenters. The second-order valence-electron chi connectivity index (χ2n) is 3.40. The first-order valence-electron chi connectivity index (χ1n) is 5.08. The van der Waals surface area contributed by atoms with Crippen molar-refractivity contribution in [2.75, 3.05) is 12.3 Å². The Bertz CT molecular complexity index is 319. The normalized spacial score (nSPS) is 12.1. The molecule has 0 aliphatic rings. The van der Waals surface area contributed by atoms with Crippen molar-refractivity contribution in [2.24, 2.45) is 5.73 Å². The monoisotopic (exact) mass is 240 g/mol. The molecular weight excluding hydrogens is 224 g/mol. The Kier molecular flexibility index (Phi) is 5.74. The summed E-state index contributed by atoms with van der Waals surface area (Å²) >= 11 is 1.69. The number of hydrogen-bond donors (Lipinski definition) is 3. The lowest BCUT2D eigenvalue weighted by molar-refractivity contribution is 0.194. The number of nitrogens with two attached hydrogens (primary N) is 1. The van der Waals surface area contributed by atoms with Gasteiger partial charge in [-0.25, -0.2) is 4.79 Å². The summed E-state index contributed by atoms with van der Waals surface area (Å²) in [7, 11) is 0. The largest absolute Gasteiger partial charge is 0.465 e. The second kappa shape index (κ2) is 7.14.